The lowest BCUT2D eigenvalue weighted by Crippen LogP contribution is -2.34. The standard InChI is InChI=1S/C21H21NO7/c1-21(2)13-7-10(28-9-15(25)14(24)8-23)3-4-11(13)17(26)16-12-5-6-22-20(27)18(12)29-19(16)21/h3-7,14-15,23-25H,8-9H2,1-2H3,(H,22,27)/t14-,15-/m1/s1. The number of hydrogen-bond donors (Lipinski definition) is 4. The van der Waals surface area contributed by atoms with Crippen molar-refractivity contribution in [2.24, 2.45) is 0 Å². The quantitative estimate of drug-likeness (QED) is 0.505. The van der Waals surface area contributed by atoms with E-state index < -0.39 is 29.8 Å². The first-order chi connectivity index (χ1) is 13.8. The van der Waals surface area contributed by atoms with Crippen LogP contribution in [0.1, 0.15) is 41.1 Å². The van der Waals surface area contributed by atoms with Crippen LogP contribution in [0.4, 0.5) is 0 Å². The summed E-state index contributed by atoms with van der Waals surface area (Å²) >= 11 is 0. The SMILES string of the molecule is CC1(C)c2cc(OC[C@@H](O)[C@H](O)CO)ccc2C(=O)c2c1oc1c(=O)[nH]ccc21. The summed E-state index contributed by atoms with van der Waals surface area (Å²) in [5.74, 6) is 0.571. The van der Waals surface area contributed by atoms with E-state index in [1.807, 2.05) is 13.8 Å². The highest BCUT2D eigenvalue weighted by Gasteiger charge is 2.42. The number of ketones is 1. The Morgan fingerprint density at radius 2 is 1.93 bits per heavy atom. The summed E-state index contributed by atoms with van der Waals surface area (Å²) in [6.07, 6.45) is -1.07. The van der Waals surface area contributed by atoms with Crippen molar-refractivity contribution < 1.29 is 29.3 Å². The normalized spacial score (nSPS) is 16.9. The number of rotatable bonds is 5. The van der Waals surface area contributed by atoms with Crippen molar-refractivity contribution >= 4 is 16.8 Å². The van der Waals surface area contributed by atoms with Gasteiger partial charge in [0.2, 0.25) is 0 Å². The van der Waals surface area contributed by atoms with Gasteiger partial charge in [-0.25, -0.2) is 0 Å². The maximum atomic E-state index is 13.2. The molecule has 0 spiro atoms. The predicted molar refractivity (Wildman–Crippen MR) is 103 cm³/mol. The van der Waals surface area contributed by atoms with Crippen LogP contribution < -0.4 is 10.3 Å². The fourth-order valence-corrected chi connectivity index (χ4v) is 3.70. The number of fused-ring (bicyclic) bond motifs is 4. The van der Waals surface area contributed by atoms with Crippen LogP contribution in [0.2, 0.25) is 0 Å². The van der Waals surface area contributed by atoms with Gasteiger partial charge in [0.25, 0.3) is 5.56 Å². The Morgan fingerprint density at radius 3 is 2.66 bits per heavy atom. The number of pyridine rings is 1. The highest BCUT2D eigenvalue weighted by atomic mass is 16.5. The number of aliphatic hydroxyl groups excluding tert-OH is 3. The average molecular weight is 399 g/mol. The minimum absolute atomic E-state index is 0.115. The summed E-state index contributed by atoms with van der Waals surface area (Å²) in [4.78, 5) is 27.9. The van der Waals surface area contributed by atoms with E-state index in [1.54, 1.807) is 24.3 Å². The minimum Gasteiger partial charge on any atom is -0.491 e. The van der Waals surface area contributed by atoms with Gasteiger partial charge < -0.3 is 29.5 Å². The zero-order valence-electron chi connectivity index (χ0n) is 15.9. The Labute approximate surface area is 165 Å². The van der Waals surface area contributed by atoms with Gasteiger partial charge in [-0.1, -0.05) is 0 Å². The molecule has 2 heterocycles. The van der Waals surface area contributed by atoms with Gasteiger partial charge in [0.15, 0.2) is 11.4 Å². The van der Waals surface area contributed by atoms with Crippen LogP contribution in [0, 0.1) is 0 Å². The van der Waals surface area contributed by atoms with Gasteiger partial charge in [0.1, 0.15) is 30.3 Å². The van der Waals surface area contributed by atoms with Crippen LogP contribution in [-0.4, -0.2) is 51.5 Å². The molecular formula is C21H21NO7. The van der Waals surface area contributed by atoms with E-state index in [0.717, 1.165) is 0 Å². The zero-order chi connectivity index (χ0) is 20.9. The number of benzene rings is 1. The van der Waals surface area contributed by atoms with Crippen LogP contribution in [0.25, 0.3) is 11.0 Å². The molecule has 0 fully saturated rings. The monoisotopic (exact) mass is 399 g/mol. The Morgan fingerprint density at radius 1 is 1.17 bits per heavy atom. The maximum Gasteiger partial charge on any atom is 0.291 e. The molecule has 29 heavy (non-hydrogen) atoms. The van der Waals surface area contributed by atoms with E-state index in [9.17, 15) is 19.8 Å². The third-order valence-corrected chi connectivity index (χ3v) is 5.37. The first kappa shape index (κ1) is 19.4. The van der Waals surface area contributed by atoms with Crippen LogP contribution in [0.5, 0.6) is 5.75 Å². The number of hydrogen-bond acceptors (Lipinski definition) is 7. The van der Waals surface area contributed by atoms with Crippen molar-refractivity contribution in [3.63, 3.8) is 0 Å². The van der Waals surface area contributed by atoms with Crippen molar-refractivity contribution in [1.29, 1.82) is 0 Å². The molecule has 0 amide bonds. The fraction of sp³-hybridized carbons (Fsp3) is 0.333. The van der Waals surface area contributed by atoms with E-state index in [4.69, 9.17) is 14.3 Å². The maximum absolute atomic E-state index is 13.2. The van der Waals surface area contributed by atoms with Gasteiger partial charge >= 0.3 is 0 Å². The average Bonchev–Trinajstić information content (AvgIpc) is 3.12. The Kier molecular flexibility index (Phi) is 4.57. The second-order valence-corrected chi connectivity index (χ2v) is 7.65. The molecule has 4 rings (SSSR count). The lowest BCUT2D eigenvalue weighted by atomic mass is 9.72. The molecule has 152 valence electrons. The number of ether oxygens (including phenoxy) is 1. The van der Waals surface area contributed by atoms with Gasteiger partial charge in [0, 0.05) is 22.6 Å². The fourth-order valence-electron chi connectivity index (χ4n) is 3.70. The Bertz CT molecular complexity index is 1160. The number of aromatic nitrogens is 1. The Hall–Kier alpha value is -2.94. The van der Waals surface area contributed by atoms with Crippen molar-refractivity contribution in [3.8, 4) is 5.75 Å². The summed E-state index contributed by atoms with van der Waals surface area (Å²) in [5.41, 5.74) is 0.536. The van der Waals surface area contributed by atoms with E-state index in [1.165, 1.54) is 6.20 Å². The largest absolute Gasteiger partial charge is 0.491 e. The lowest BCUT2D eigenvalue weighted by Gasteiger charge is -2.31. The summed E-state index contributed by atoms with van der Waals surface area (Å²) in [6, 6.07) is 6.58. The molecule has 4 N–H and O–H groups in total. The minimum atomic E-state index is -1.30. The molecule has 1 aromatic carbocycles. The van der Waals surface area contributed by atoms with E-state index in [-0.39, 0.29) is 18.0 Å². The molecular weight excluding hydrogens is 378 g/mol. The Balaban J connectivity index is 1.76. The lowest BCUT2D eigenvalue weighted by molar-refractivity contribution is -0.0339. The molecule has 2 atom stereocenters. The molecule has 8 heteroatoms. The zero-order valence-corrected chi connectivity index (χ0v) is 15.9. The first-order valence-corrected chi connectivity index (χ1v) is 9.19. The molecule has 0 radical (unpaired) electrons. The topological polar surface area (TPSA) is 133 Å². The van der Waals surface area contributed by atoms with Gasteiger partial charge in [0.05, 0.1) is 12.2 Å². The number of nitrogens with one attached hydrogen (secondary N) is 1. The molecule has 0 saturated carbocycles. The van der Waals surface area contributed by atoms with Gasteiger partial charge in [-0.05, 0) is 43.7 Å². The summed E-state index contributed by atoms with van der Waals surface area (Å²) in [6.45, 7) is 2.98. The van der Waals surface area contributed by atoms with Gasteiger partial charge in [-0.15, -0.1) is 0 Å². The third kappa shape index (κ3) is 2.96. The van der Waals surface area contributed by atoms with Crippen LogP contribution in [0.3, 0.4) is 0 Å². The third-order valence-electron chi connectivity index (χ3n) is 5.37. The smallest absolute Gasteiger partial charge is 0.291 e. The highest BCUT2D eigenvalue weighted by molar-refractivity contribution is 6.19. The molecule has 0 unspecified atom stereocenters. The molecule has 0 bridgehead atoms. The number of carbonyl (C=O) groups is 1. The molecule has 8 nitrogen and oxygen atoms in total. The van der Waals surface area contributed by atoms with Gasteiger partial charge in [-0.2, -0.15) is 0 Å². The van der Waals surface area contributed by atoms with Crippen LogP contribution in [0.15, 0.2) is 39.7 Å². The molecule has 2 aromatic heterocycles. The first-order valence-electron chi connectivity index (χ1n) is 9.19. The van der Waals surface area contributed by atoms with Crippen molar-refractivity contribution in [1.82, 2.24) is 4.98 Å². The van der Waals surface area contributed by atoms with E-state index >= 15 is 0 Å². The van der Waals surface area contributed by atoms with Crippen molar-refractivity contribution in [2.45, 2.75) is 31.5 Å². The summed E-state index contributed by atoms with van der Waals surface area (Å²) < 4.78 is 11.4. The summed E-state index contributed by atoms with van der Waals surface area (Å²) in [5, 5.41) is 28.6. The van der Waals surface area contributed by atoms with E-state index in [0.29, 0.717) is 33.6 Å². The molecule has 0 saturated heterocycles. The van der Waals surface area contributed by atoms with Crippen LogP contribution in [-0.2, 0) is 5.41 Å². The summed E-state index contributed by atoms with van der Waals surface area (Å²) in [7, 11) is 0. The van der Waals surface area contributed by atoms with Gasteiger partial charge in [-0.3, -0.25) is 9.59 Å². The molecule has 3 aromatic rings. The number of carbonyl (C=O) groups excluding carboxylic acids is 1. The number of furan rings is 1. The van der Waals surface area contributed by atoms with Crippen molar-refractivity contribution in [3.05, 3.63) is 63.3 Å². The van der Waals surface area contributed by atoms with Crippen molar-refractivity contribution in [2.75, 3.05) is 13.2 Å². The van der Waals surface area contributed by atoms with E-state index in [2.05, 4.69) is 4.98 Å². The second-order valence-electron chi connectivity index (χ2n) is 7.65. The number of H-pyrrole nitrogens is 1. The number of aromatic amines is 1. The second kappa shape index (κ2) is 6.84. The highest BCUT2D eigenvalue weighted by Crippen LogP contribution is 2.45. The predicted octanol–water partition coefficient (Wildman–Crippen LogP) is 1.08. The molecule has 1 aliphatic rings. The number of aliphatic hydroxyl groups is 3. The molecule has 1 aliphatic carbocycles. The molecule has 0 aliphatic heterocycles. The van der Waals surface area contributed by atoms with Crippen LogP contribution >= 0.6 is 0 Å².